The second-order valence-corrected chi connectivity index (χ2v) is 10.1. The molecule has 0 aliphatic heterocycles. The van der Waals surface area contributed by atoms with Gasteiger partial charge in [0, 0.05) is 25.6 Å². The number of benzene rings is 2. The number of fused-ring (bicyclic) bond motifs is 1. The molecule has 176 valence electrons. The summed E-state index contributed by atoms with van der Waals surface area (Å²) in [6.45, 7) is 5.99. The number of nitrogens with one attached hydrogen (secondary N) is 2. The molecule has 0 radical (unpaired) electrons. The van der Waals surface area contributed by atoms with E-state index in [1.807, 2.05) is 62.7 Å². The van der Waals surface area contributed by atoms with Crippen LogP contribution in [-0.4, -0.2) is 37.3 Å². The Morgan fingerprint density at radius 1 is 1.00 bits per heavy atom. The summed E-state index contributed by atoms with van der Waals surface area (Å²) in [6.07, 6.45) is 0.750. The third kappa shape index (κ3) is 5.81. The predicted octanol–water partition coefficient (Wildman–Crippen LogP) is 4.65. The highest BCUT2D eigenvalue weighted by atomic mass is 32.2. The molecule has 0 bridgehead atoms. The Bertz CT molecular complexity index is 1360. The van der Waals surface area contributed by atoms with Gasteiger partial charge in [-0.25, -0.2) is 4.98 Å². The summed E-state index contributed by atoms with van der Waals surface area (Å²) >= 11 is 2.76. The average Bonchev–Trinajstić information content (AvgIpc) is 3.35. The smallest absolute Gasteiger partial charge is 0.236 e. The Balaban J connectivity index is 1.28. The molecule has 34 heavy (non-hydrogen) atoms. The Kier molecular flexibility index (Phi) is 7.28. The van der Waals surface area contributed by atoms with Crippen molar-refractivity contribution in [2.75, 3.05) is 16.4 Å². The largest absolute Gasteiger partial charge is 0.326 e. The summed E-state index contributed by atoms with van der Waals surface area (Å²) in [5.41, 5.74) is 4.98. The van der Waals surface area contributed by atoms with Gasteiger partial charge in [0.15, 0.2) is 10.3 Å². The van der Waals surface area contributed by atoms with Gasteiger partial charge in [-0.3, -0.25) is 9.59 Å². The van der Waals surface area contributed by atoms with E-state index in [4.69, 9.17) is 0 Å². The number of carbonyl (C=O) groups excluding carboxylic acids is 2. The Labute approximate surface area is 206 Å². The van der Waals surface area contributed by atoms with Crippen molar-refractivity contribution < 1.29 is 9.59 Å². The van der Waals surface area contributed by atoms with Gasteiger partial charge < -0.3 is 15.2 Å². The van der Waals surface area contributed by atoms with Gasteiger partial charge in [0.1, 0.15) is 5.82 Å². The molecule has 2 aromatic carbocycles. The van der Waals surface area contributed by atoms with Gasteiger partial charge in [0.25, 0.3) is 0 Å². The summed E-state index contributed by atoms with van der Waals surface area (Å²) in [4.78, 5) is 29.3. The van der Waals surface area contributed by atoms with Gasteiger partial charge in [-0.2, -0.15) is 0 Å². The van der Waals surface area contributed by atoms with Crippen LogP contribution in [0.4, 0.5) is 10.8 Å². The molecule has 4 aromatic rings. The van der Waals surface area contributed by atoms with Crippen LogP contribution in [0, 0.1) is 20.8 Å². The molecule has 2 heterocycles. The number of carbonyl (C=O) groups is 2. The number of anilines is 2. The minimum absolute atomic E-state index is 0.0729. The summed E-state index contributed by atoms with van der Waals surface area (Å²) < 4.78 is 2.87. The van der Waals surface area contributed by atoms with E-state index in [0.717, 1.165) is 32.6 Å². The van der Waals surface area contributed by atoms with Gasteiger partial charge in [-0.1, -0.05) is 41.3 Å². The summed E-state index contributed by atoms with van der Waals surface area (Å²) in [5, 5.41) is 15.4. The first kappa shape index (κ1) is 23.9. The lowest BCUT2D eigenvalue weighted by atomic mass is 10.1. The maximum atomic E-state index is 12.4. The zero-order valence-electron chi connectivity index (χ0n) is 19.5. The zero-order chi connectivity index (χ0) is 24.2. The highest BCUT2D eigenvalue weighted by Crippen LogP contribution is 2.27. The first-order valence-corrected chi connectivity index (χ1v) is 12.6. The van der Waals surface area contributed by atoms with E-state index in [-0.39, 0.29) is 17.6 Å². The van der Waals surface area contributed by atoms with Crippen molar-refractivity contribution in [1.82, 2.24) is 19.7 Å². The van der Waals surface area contributed by atoms with E-state index >= 15 is 0 Å². The molecular formula is C24H26N6O2S2. The van der Waals surface area contributed by atoms with Crippen molar-refractivity contribution in [3.8, 4) is 0 Å². The first-order valence-electron chi connectivity index (χ1n) is 10.8. The zero-order valence-corrected chi connectivity index (χ0v) is 21.1. The summed E-state index contributed by atoms with van der Waals surface area (Å²) in [5.74, 6) is 0.656. The summed E-state index contributed by atoms with van der Waals surface area (Å²) in [7, 11) is 1.84. The molecule has 0 aliphatic carbocycles. The molecule has 2 amide bonds. The van der Waals surface area contributed by atoms with Gasteiger partial charge in [-0.05, 0) is 55.7 Å². The number of rotatable bonds is 8. The van der Waals surface area contributed by atoms with Crippen molar-refractivity contribution in [3.05, 3.63) is 58.9 Å². The normalized spacial score (nSPS) is 11.1. The van der Waals surface area contributed by atoms with Crippen molar-refractivity contribution in [3.63, 3.8) is 0 Å². The molecule has 0 unspecified atom stereocenters. The first-order chi connectivity index (χ1) is 16.3. The van der Waals surface area contributed by atoms with Crippen LogP contribution < -0.4 is 10.6 Å². The molecule has 0 saturated carbocycles. The standard InChI is InChI=1S/C24H26N6O2S2/c1-14-5-7-16(3)18(11-14)25-21(31)10-9-20-28-29-24(30(20)4)33-13-22(32)27-23-26-17-8-6-15(2)12-19(17)34-23/h5-8,11-12H,9-10,13H2,1-4H3,(H,25,31)(H,26,27,32). The Morgan fingerprint density at radius 2 is 1.76 bits per heavy atom. The molecule has 8 nitrogen and oxygen atoms in total. The average molecular weight is 495 g/mol. The van der Waals surface area contributed by atoms with Gasteiger partial charge in [0.2, 0.25) is 11.8 Å². The van der Waals surface area contributed by atoms with Crippen molar-refractivity contribution in [2.24, 2.45) is 7.05 Å². The molecule has 10 heteroatoms. The quantitative estimate of drug-likeness (QED) is 0.346. The van der Waals surface area contributed by atoms with Crippen LogP contribution in [-0.2, 0) is 23.1 Å². The number of hydrogen-bond donors (Lipinski definition) is 2. The van der Waals surface area contributed by atoms with Gasteiger partial charge in [0.05, 0.1) is 16.0 Å². The van der Waals surface area contributed by atoms with E-state index in [1.54, 1.807) is 0 Å². The van der Waals surface area contributed by atoms with E-state index in [1.165, 1.54) is 23.1 Å². The number of hydrogen-bond acceptors (Lipinski definition) is 7. The van der Waals surface area contributed by atoms with Crippen LogP contribution in [0.15, 0.2) is 41.6 Å². The third-order valence-electron chi connectivity index (χ3n) is 5.29. The molecule has 0 spiro atoms. The van der Waals surface area contributed by atoms with Crippen LogP contribution in [0.1, 0.15) is 28.9 Å². The highest BCUT2D eigenvalue weighted by molar-refractivity contribution is 7.99. The third-order valence-corrected chi connectivity index (χ3v) is 7.24. The number of nitrogens with zero attached hydrogens (tertiary/aromatic N) is 4. The lowest BCUT2D eigenvalue weighted by molar-refractivity contribution is -0.116. The number of thiazole rings is 1. The minimum atomic E-state index is -0.154. The molecule has 0 aliphatic rings. The molecular weight excluding hydrogens is 468 g/mol. The van der Waals surface area contributed by atoms with Crippen LogP contribution in [0.5, 0.6) is 0 Å². The Morgan fingerprint density at radius 3 is 2.59 bits per heavy atom. The SMILES string of the molecule is Cc1ccc(C)c(NC(=O)CCc2nnc(SCC(=O)Nc3nc4ccc(C)cc4s3)n2C)c1. The van der Waals surface area contributed by atoms with Crippen molar-refractivity contribution in [2.45, 2.75) is 38.8 Å². The summed E-state index contributed by atoms with van der Waals surface area (Å²) in [6, 6.07) is 12.0. The number of aryl methyl sites for hydroxylation is 4. The van der Waals surface area contributed by atoms with Crippen LogP contribution >= 0.6 is 23.1 Å². The fourth-order valence-corrected chi connectivity index (χ4v) is 5.08. The fourth-order valence-electron chi connectivity index (χ4n) is 3.37. The van der Waals surface area contributed by atoms with Gasteiger partial charge >= 0.3 is 0 Å². The molecule has 4 rings (SSSR count). The van der Waals surface area contributed by atoms with Crippen molar-refractivity contribution >= 4 is 55.9 Å². The minimum Gasteiger partial charge on any atom is -0.326 e. The molecule has 0 fully saturated rings. The van der Waals surface area contributed by atoms with E-state index in [0.29, 0.717) is 29.0 Å². The van der Waals surface area contributed by atoms with E-state index in [2.05, 4.69) is 31.9 Å². The monoisotopic (exact) mass is 494 g/mol. The second kappa shape index (κ2) is 10.4. The van der Waals surface area contributed by atoms with E-state index in [9.17, 15) is 9.59 Å². The van der Waals surface area contributed by atoms with Crippen molar-refractivity contribution in [1.29, 1.82) is 0 Å². The fraction of sp³-hybridized carbons (Fsp3) is 0.292. The lowest BCUT2D eigenvalue weighted by Gasteiger charge is -2.09. The molecule has 0 saturated heterocycles. The molecule has 0 atom stereocenters. The maximum Gasteiger partial charge on any atom is 0.236 e. The predicted molar refractivity (Wildman–Crippen MR) is 138 cm³/mol. The molecule has 2 N–H and O–H groups in total. The van der Waals surface area contributed by atoms with Crippen LogP contribution in [0.3, 0.4) is 0 Å². The number of amides is 2. The van der Waals surface area contributed by atoms with Crippen LogP contribution in [0.2, 0.25) is 0 Å². The highest BCUT2D eigenvalue weighted by Gasteiger charge is 2.14. The Hall–Kier alpha value is -3.24. The van der Waals surface area contributed by atoms with Crippen LogP contribution in [0.25, 0.3) is 10.2 Å². The topological polar surface area (TPSA) is 102 Å². The van der Waals surface area contributed by atoms with Gasteiger partial charge in [-0.15, -0.1) is 10.2 Å². The second-order valence-electron chi connectivity index (χ2n) is 8.15. The lowest BCUT2D eigenvalue weighted by Crippen LogP contribution is -2.15. The molecule has 2 aromatic heterocycles. The maximum absolute atomic E-state index is 12.4. The van der Waals surface area contributed by atoms with E-state index < -0.39 is 0 Å². The number of aromatic nitrogens is 4. The number of thioether (sulfide) groups is 1.